The Kier molecular flexibility index (Phi) is 5.07. The molecule has 2 aromatic rings. The van der Waals surface area contributed by atoms with Gasteiger partial charge in [-0.25, -0.2) is 4.79 Å². The van der Waals surface area contributed by atoms with Crippen LogP contribution in [0, 0.1) is 12.3 Å². The minimum atomic E-state index is -1.58. The molecule has 0 spiro atoms. The SMILES string of the molecule is C#Cc1cn(C2O[C@H](CO)[C@@H](O)[C@@H]2O)c(=O)n(C(=O)c2ccccc2)c1=O. The van der Waals surface area contributed by atoms with Crippen LogP contribution in [0.4, 0.5) is 0 Å². The van der Waals surface area contributed by atoms with Gasteiger partial charge in [0, 0.05) is 11.8 Å². The van der Waals surface area contributed by atoms with Gasteiger partial charge in [0.25, 0.3) is 11.5 Å². The number of ether oxygens (including phenoxy) is 1. The summed E-state index contributed by atoms with van der Waals surface area (Å²) in [5.74, 6) is 1.19. The Morgan fingerprint density at radius 1 is 1.19 bits per heavy atom. The first-order valence-electron chi connectivity index (χ1n) is 7.97. The first-order valence-corrected chi connectivity index (χ1v) is 7.97. The molecular weight excluding hydrogens is 356 g/mol. The van der Waals surface area contributed by atoms with Gasteiger partial charge in [-0.2, -0.15) is 4.57 Å². The fourth-order valence-corrected chi connectivity index (χ4v) is 2.85. The number of rotatable bonds is 3. The maximum atomic E-state index is 12.8. The van der Waals surface area contributed by atoms with Crippen LogP contribution >= 0.6 is 0 Å². The van der Waals surface area contributed by atoms with E-state index < -0.39 is 48.3 Å². The van der Waals surface area contributed by atoms with Crippen LogP contribution in [-0.2, 0) is 4.74 Å². The molecule has 0 bridgehead atoms. The van der Waals surface area contributed by atoms with Crippen molar-refractivity contribution in [2.75, 3.05) is 6.61 Å². The highest BCUT2D eigenvalue weighted by atomic mass is 16.6. The maximum absolute atomic E-state index is 12.8. The van der Waals surface area contributed by atoms with Crippen LogP contribution in [0.15, 0.2) is 46.1 Å². The van der Waals surface area contributed by atoms with Crippen molar-refractivity contribution in [2.24, 2.45) is 0 Å². The lowest BCUT2D eigenvalue weighted by Gasteiger charge is -2.19. The first kappa shape index (κ1) is 18.8. The van der Waals surface area contributed by atoms with Crippen LogP contribution in [0.25, 0.3) is 0 Å². The van der Waals surface area contributed by atoms with Crippen molar-refractivity contribution in [3.63, 3.8) is 0 Å². The molecule has 3 rings (SSSR count). The number of aliphatic hydroxyl groups is 3. The molecule has 0 saturated carbocycles. The number of hydrogen-bond donors (Lipinski definition) is 3. The number of carbonyl (C=O) groups is 1. The van der Waals surface area contributed by atoms with E-state index in [0.29, 0.717) is 4.57 Å². The average Bonchev–Trinajstić information content (AvgIpc) is 2.97. The molecular formula is C18H16N2O7. The van der Waals surface area contributed by atoms with Gasteiger partial charge >= 0.3 is 5.69 Å². The molecule has 1 aromatic heterocycles. The van der Waals surface area contributed by atoms with E-state index in [2.05, 4.69) is 5.92 Å². The normalized spacial score (nSPS) is 24.5. The lowest BCUT2D eigenvalue weighted by atomic mass is 10.1. The number of terminal acetylenes is 1. The number of aromatic nitrogens is 2. The van der Waals surface area contributed by atoms with E-state index in [4.69, 9.17) is 11.2 Å². The molecule has 1 aliphatic heterocycles. The van der Waals surface area contributed by atoms with E-state index in [1.54, 1.807) is 18.2 Å². The highest BCUT2D eigenvalue weighted by Gasteiger charge is 2.44. The zero-order valence-electron chi connectivity index (χ0n) is 13.9. The number of nitrogens with zero attached hydrogens (tertiary/aromatic N) is 2. The topological polar surface area (TPSA) is 131 Å². The second kappa shape index (κ2) is 7.30. The second-order valence-electron chi connectivity index (χ2n) is 5.92. The number of carbonyl (C=O) groups excluding carboxylic acids is 1. The van der Waals surface area contributed by atoms with Crippen LogP contribution in [0.5, 0.6) is 0 Å². The minimum Gasteiger partial charge on any atom is -0.394 e. The molecule has 140 valence electrons. The Labute approximate surface area is 152 Å². The van der Waals surface area contributed by atoms with Crippen molar-refractivity contribution in [3.05, 3.63) is 68.5 Å². The number of aliphatic hydroxyl groups excluding tert-OH is 3. The summed E-state index contributed by atoms with van der Waals surface area (Å²) in [6.45, 7) is -0.603. The fraction of sp³-hybridized carbons (Fsp3) is 0.278. The highest BCUT2D eigenvalue weighted by Crippen LogP contribution is 2.28. The van der Waals surface area contributed by atoms with Gasteiger partial charge in [0.15, 0.2) is 6.23 Å². The molecule has 1 fully saturated rings. The summed E-state index contributed by atoms with van der Waals surface area (Å²) in [4.78, 5) is 37.9. The van der Waals surface area contributed by atoms with Crippen molar-refractivity contribution in [1.29, 1.82) is 0 Å². The third-order valence-corrected chi connectivity index (χ3v) is 4.28. The van der Waals surface area contributed by atoms with Gasteiger partial charge in [0.05, 0.1) is 6.61 Å². The van der Waals surface area contributed by atoms with Crippen LogP contribution in [0.2, 0.25) is 0 Å². The van der Waals surface area contributed by atoms with Crippen molar-refractivity contribution in [2.45, 2.75) is 24.5 Å². The van der Waals surface area contributed by atoms with E-state index in [-0.39, 0.29) is 11.1 Å². The molecule has 1 aromatic carbocycles. The summed E-state index contributed by atoms with van der Waals surface area (Å²) in [5.41, 5.74) is -2.31. The summed E-state index contributed by atoms with van der Waals surface area (Å²) in [6, 6.07) is 7.64. The van der Waals surface area contributed by atoms with E-state index in [9.17, 15) is 29.7 Å². The van der Waals surface area contributed by atoms with Crippen molar-refractivity contribution >= 4 is 5.91 Å². The zero-order chi connectivity index (χ0) is 19.7. The van der Waals surface area contributed by atoms with Gasteiger partial charge in [0.1, 0.15) is 23.9 Å². The molecule has 9 nitrogen and oxygen atoms in total. The van der Waals surface area contributed by atoms with Gasteiger partial charge < -0.3 is 20.1 Å². The fourth-order valence-electron chi connectivity index (χ4n) is 2.85. The number of benzene rings is 1. The van der Waals surface area contributed by atoms with E-state index in [1.165, 1.54) is 12.1 Å². The standard InChI is InChI=1S/C18H16N2O7/c1-2-10-8-19(17-14(23)13(22)12(9-21)27-17)18(26)20(15(10)24)16(25)11-6-4-3-5-7-11/h1,3-8,12-14,17,21-23H,9H2/t12-,13-,14+,17?/m1/s1. The van der Waals surface area contributed by atoms with Crippen molar-refractivity contribution in [1.82, 2.24) is 9.13 Å². The predicted molar refractivity (Wildman–Crippen MR) is 92.1 cm³/mol. The Hall–Kier alpha value is -3.03. The van der Waals surface area contributed by atoms with E-state index in [0.717, 1.165) is 10.8 Å². The summed E-state index contributed by atoms with van der Waals surface area (Å²) in [5, 5.41) is 29.2. The molecule has 9 heteroatoms. The van der Waals surface area contributed by atoms with Crippen molar-refractivity contribution in [3.8, 4) is 12.3 Å². The molecule has 27 heavy (non-hydrogen) atoms. The van der Waals surface area contributed by atoms with Crippen LogP contribution in [0.3, 0.4) is 0 Å². The molecule has 1 aliphatic rings. The van der Waals surface area contributed by atoms with Crippen LogP contribution < -0.4 is 11.2 Å². The molecule has 4 atom stereocenters. The van der Waals surface area contributed by atoms with Crippen LogP contribution in [-0.4, -0.2) is 55.3 Å². The maximum Gasteiger partial charge on any atom is 0.340 e. The highest BCUT2D eigenvalue weighted by molar-refractivity contribution is 5.95. The monoisotopic (exact) mass is 372 g/mol. The lowest BCUT2D eigenvalue weighted by Crippen LogP contribution is -2.47. The van der Waals surface area contributed by atoms with Gasteiger partial charge in [-0.05, 0) is 12.1 Å². The number of hydrogen-bond acceptors (Lipinski definition) is 7. The molecule has 3 N–H and O–H groups in total. The summed E-state index contributed by atoms with van der Waals surface area (Å²) in [7, 11) is 0. The molecule has 0 amide bonds. The van der Waals surface area contributed by atoms with Gasteiger partial charge in [0.2, 0.25) is 0 Å². The Bertz CT molecular complexity index is 1020. The largest absolute Gasteiger partial charge is 0.394 e. The molecule has 1 unspecified atom stereocenters. The summed E-state index contributed by atoms with van der Waals surface area (Å²) < 4.78 is 6.41. The van der Waals surface area contributed by atoms with E-state index >= 15 is 0 Å². The minimum absolute atomic E-state index is 0.0820. The van der Waals surface area contributed by atoms with Gasteiger partial charge in [-0.1, -0.05) is 24.1 Å². The second-order valence-corrected chi connectivity index (χ2v) is 5.92. The molecule has 2 heterocycles. The van der Waals surface area contributed by atoms with Gasteiger partial charge in [-0.15, -0.1) is 6.42 Å². The third kappa shape index (κ3) is 3.11. The smallest absolute Gasteiger partial charge is 0.340 e. The Balaban J connectivity index is 2.18. The van der Waals surface area contributed by atoms with Crippen molar-refractivity contribution < 1.29 is 24.9 Å². The average molecular weight is 372 g/mol. The molecule has 0 aliphatic carbocycles. The lowest BCUT2D eigenvalue weighted by molar-refractivity contribution is -0.0554. The van der Waals surface area contributed by atoms with Gasteiger partial charge in [-0.3, -0.25) is 14.2 Å². The quantitative estimate of drug-likeness (QED) is 0.547. The summed E-state index contributed by atoms with van der Waals surface area (Å²) in [6.07, 6.45) is 0.654. The zero-order valence-corrected chi connectivity index (χ0v) is 13.9. The van der Waals surface area contributed by atoms with E-state index in [1.807, 2.05) is 0 Å². The Morgan fingerprint density at radius 3 is 2.41 bits per heavy atom. The molecule has 1 saturated heterocycles. The third-order valence-electron chi connectivity index (χ3n) is 4.28. The van der Waals surface area contributed by atoms with Crippen LogP contribution in [0.1, 0.15) is 22.1 Å². The Morgan fingerprint density at radius 2 is 1.85 bits per heavy atom. The summed E-state index contributed by atoms with van der Waals surface area (Å²) >= 11 is 0. The first-order chi connectivity index (χ1) is 12.9. The molecule has 0 radical (unpaired) electrons. The predicted octanol–water partition coefficient (Wildman–Crippen LogP) is -1.71.